The third kappa shape index (κ3) is 3.82. The average Bonchev–Trinajstić information content (AvgIpc) is 3.66. The largest absolute Gasteiger partial charge is 0.455 e. The number of anilines is 1. The zero-order chi connectivity index (χ0) is 24.6. The third-order valence-electron chi connectivity index (χ3n) is 6.07. The van der Waals surface area contributed by atoms with E-state index in [2.05, 4.69) is 64.8 Å². The van der Waals surface area contributed by atoms with E-state index in [1.54, 1.807) is 6.20 Å². The quantitative estimate of drug-likeness (QED) is 0.262. The van der Waals surface area contributed by atoms with E-state index >= 15 is 0 Å². The smallest absolute Gasteiger partial charge is 0.235 e. The minimum absolute atomic E-state index is 0.120. The number of benzene rings is 2. The topological polar surface area (TPSA) is 130 Å². The number of hydrogen-bond donors (Lipinski definition) is 3. The van der Waals surface area contributed by atoms with Gasteiger partial charge < -0.3 is 14.8 Å². The van der Waals surface area contributed by atoms with Crippen molar-refractivity contribution in [2.24, 2.45) is 0 Å². The molecular weight excluding hydrogens is 524 g/mol. The van der Waals surface area contributed by atoms with Gasteiger partial charge in [-0.3, -0.25) is 4.40 Å². The molecule has 0 aliphatic rings. The van der Waals surface area contributed by atoms with Crippen molar-refractivity contribution in [2.75, 3.05) is 5.32 Å². The molecule has 0 bridgehead atoms. The Balaban J connectivity index is 1.35. The summed E-state index contributed by atoms with van der Waals surface area (Å²) in [5.74, 6) is 2.68. The molecule has 11 heteroatoms. The molecule has 0 unspecified atom stereocenters. The molecule has 0 fully saturated rings. The summed E-state index contributed by atoms with van der Waals surface area (Å²) in [6, 6.07) is 15.9. The van der Waals surface area contributed by atoms with Crippen LogP contribution in [0.25, 0.3) is 39.5 Å². The molecule has 6 rings (SSSR count). The molecule has 0 radical (unpaired) electrons. The van der Waals surface area contributed by atoms with Gasteiger partial charge >= 0.3 is 0 Å². The van der Waals surface area contributed by atoms with E-state index in [4.69, 9.17) is 4.42 Å². The number of tetrazole rings is 1. The molecule has 2 aromatic carbocycles. The van der Waals surface area contributed by atoms with Gasteiger partial charge in [0.2, 0.25) is 5.78 Å². The molecule has 0 aliphatic carbocycles. The molecule has 0 amide bonds. The second kappa shape index (κ2) is 9.17. The lowest BCUT2D eigenvalue weighted by Gasteiger charge is -2.12. The maximum Gasteiger partial charge on any atom is 0.235 e. The Kier molecular flexibility index (Phi) is 5.70. The van der Waals surface area contributed by atoms with Crippen LogP contribution in [0.1, 0.15) is 23.9 Å². The van der Waals surface area contributed by atoms with E-state index < -0.39 is 0 Å². The first kappa shape index (κ1) is 22.4. The van der Waals surface area contributed by atoms with Crippen molar-refractivity contribution in [1.82, 2.24) is 35.0 Å². The molecule has 0 saturated carbocycles. The second-order valence-corrected chi connectivity index (χ2v) is 9.05. The highest BCUT2D eigenvalue weighted by molar-refractivity contribution is 9.10. The number of aliphatic hydroxyl groups is 1. The van der Waals surface area contributed by atoms with Crippen molar-refractivity contribution >= 4 is 38.5 Å². The Morgan fingerprint density at radius 3 is 2.78 bits per heavy atom. The number of hydrogen-bond acceptors (Lipinski definition) is 8. The number of imidazole rings is 1. The lowest BCUT2D eigenvalue weighted by molar-refractivity contribution is 0.276. The normalized spacial score (nSPS) is 11.5. The molecule has 180 valence electrons. The number of rotatable bonds is 7. The molecule has 6 aromatic rings. The number of furan rings is 1. The third-order valence-corrected chi connectivity index (χ3v) is 6.85. The predicted molar refractivity (Wildman–Crippen MR) is 138 cm³/mol. The van der Waals surface area contributed by atoms with Crippen molar-refractivity contribution in [3.8, 4) is 22.7 Å². The van der Waals surface area contributed by atoms with E-state index in [0.717, 1.165) is 50.1 Å². The van der Waals surface area contributed by atoms with Crippen molar-refractivity contribution in [3.05, 3.63) is 76.2 Å². The van der Waals surface area contributed by atoms with Crippen LogP contribution in [0.15, 0.2) is 63.6 Å². The first-order chi connectivity index (χ1) is 17.7. The van der Waals surface area contributed by atoms with Gasteiger partial charge in [-0.1, -0.05) is 37.3 Å². The number of aliphatic hydroxyl groups excluding tert-OH is 1. The summed E-state index contributed by atoms with van der Waals surface area (Å²) >= 11 is 3.76. The van der Waals surface area contributed by atoms with E-state index in [-0.39, 0.29) is 6.61 Å². The van der Waals surface area contributed by atoms with Crippen LogP contribution in [0.3, 0.4) is 0 Å². The van der Waals surface area contributed by atoms with Crippen molar-refractivity contribution < 1.29 is 9.52 Å². The van der Waals surface area contributed by atoms with Crippen LogP contribution < -0.4 is 5.32 Å². The van der Waals surface area contributed by atoms with Crippen LogP contribution in [-0.4, -0.2) is 40.1 Å². The molecule has 4 aromatic heterocycles. The minimum atomic E-state index is -0.120. The number of aryl methyl sites for hydroxylation is 1. The average molecular weight is 545 g/mol. The van der Waals surface area contributed by atoms with E-state index in [9.17, 15) is 5.11 Å². The number of fused-ring (bicyclic) bond motifs is 2. The molecular formula is C25H21BrN8O2. The van der Waals surface area contributed by atoms with E-state index in [1.807, 2.05) is 46.9 Å². The fourth-order valence-electron chi connectivity index (χ4n) is 4.27. The van der Waals surface area contributed by atoms with Crippen LogP contribution in [0.2, 0.25) is 0 Å². The van der Waals surface area contributed by atoms with Gasteiger partial charge in [0, 0.05) is 34.8 Å². The first-order valence-corrected chi connectivity index (χ1v) is 12.2. The van der Waals surface area contributed by atoms with Gasteiger partial charge in [-0.25, -0.2) is 15.1 Å². The monoisotopic (exact) mass is 544 g/mol. The fourth-order valence-corrected chi connectivity index (χ4v) is 4.88. The molecule has 36 heavy (non-hydrogen) atoms. The highest BCUT2D eigenvalue weighted by Crippen LogP contribution is 2.41. The summed E-state index contributed by atoms with van der Waals surface area (Å²) in [7, 11) is 0. The van der Waals surface area contributed by atoms with Crippen LogP contribution in [0.5, 0.6) is 0 Å². The molecule has 0 spiro atoms. The number of H-pyrrole nitrogens is 1. The van der Waals surface area contributed by atoms with E-state index in [1.165, 1.54) is 0 Å². The summed E-state index contributed by atoms with van der Waals surface area (Å²) in [6.07, 6.45) is 2.44. The Labute approximate surface area is 213 Å². The fraction of sp³-hybridized carbons (Fsp3) is 0.160. The first-order valence-electron chi connectivity index (χ1n) is 11.4. The number of nitrogens with one attached hydrogen (secondary N) is 2. The lowest BCUT2D eigenvalue weighted by atomic mass is 10.0. The van der Waals surface area contributed by atoms with Crippen LogP contribution in [0.4, 0.5) is 5.82 Å². The molecule has 0 aliphatic heterocycles. The highest BCUT2D eigenvalue weighted by Gasteiger charge is 2.19. The standard InChI is InChI=1S/C25H21BrN8O2/c1-2-15-10-21(34-16(13-35)12-28-25(34)29-15)27-11-14-7-8-20-19(9-14)22(26)23(36-20)17-5-3-4-6-18(17)24-30-32-33-31-24/h3-10,12,27,35H,2,11,13H2,1H3,(H,30,31,32,33). The van der Waals surface area contributed by atoms with Gasteiger partial charge in [-0.2, -0.15) is 0 Å². The van der Waals surface area contributed by atoms with Crippen LogP contribution in [0, 0.1) is 0 Å². The highest BCUT2D eigenvalue weighted by atomic mass is 79.9. The van der Waals surface area contributed by atoms with Crippen LogP contribution >= 0.6 is 15.9 Å². The molecule has 4 heterocycles. The predicted octanol–water partition coefficient (Wildman–Crippen LogP) is 4.75. The Morgan fingerprint density at radius 1 is 1.14 bits per heavy atom. The summed E-state index contributed by atoms with van der Waals surface area (Å²) in [6.45, 7) is 2.50. The zero-order valence-electron chi connectivity index (χ0n) is 19.2. The Hall–Kier alpha value is -4.09. The summed E-state index contributed by atoms with van der Waals surface area (Å²) in [5.41, 5.74) is 5.17. The number of halogens is 1. The molecule has 10 nitrogen and oxygen atoms in total. The lowest BCUT2D eigenvalue weighted by Crippen LogP contribution is -2.08. The number of nitrogens with zero attached hydrogens (tertiary/aromatic N) is 6. The van der Waals surface area contributed by atoms with Gasteiger partial charge in [0.05, 0.1) is 23.0 Å². The minimum Gasteiger partial charge on any atom is -0.455 e. The Bertz CT molecular complexity index is 1690. The van der Waals surface area contributed by atoms with Crippen molar-refractivity contribution in [2.45, 2.75) is 26.5 Å². The van der Waals surface area contributed by atoms with Gasteiger partial charge in [-0.15, -0.1) is 5.10 Å². The molecule has 3 N–H and O–H groups in total. The van der Waals surface area contributed by atoms with Gasteiger partial charge in [0.1, 0.15) is 17.2 Å². The number of aromatic amines is 1. The maximum absolute atomic E-state index is 9.74. The van der Waals surface area contributed by atoms with Gasteiger partial charge in [-0.05, 0) is 50.5 Å². The van der Waals surface area contributed by atoms with Crippen LogP contribution in [-0.2, 0) is 19.6 Å². The summed E-state index contributed by atoms with van der Waals surface area (Å²) in [5, 5.41) is 28.5. The van der Waals surface area contributed by atoms with Crippen molar-refractivity contribution in [1.29, 1.82) is 0 Å². The summed E-state index contributed by atoms with van der Waals surface area (Å²) in [4.78, 5) is 8.90. The summed E-state index contributed by atoms with van der Waals surface area (Å²) < 4.78 is 8.95. The Morgan fingerprint density at radius 2 is 2.00 bits per heavy atom. The van der Waals surface area contributed by atoms with Gasteiger partial charge in [0.25, 0.3) is 0 Å². The van der Waals surface area contributed by atoms with Crippen molar-refractivity contribution in [3.63, 3.8) is 0 Å². The number of aromatic nitrogens is 7. The second-order valence-electron chi connectivity index (χ2n) is 8.25. The maximum atomic E-state index is 9.74. The molecule has 0 saturated heterocycles. The van der Waals surface area contributed by atoms with Gasteiger partial charge in [0.15, 0.2) is 5.82 Å². The molecule has 0 atom stereocenters. The van der Waals surface area contributed by atoms with E-state index in [0.29, 0.717) is 29.6 Å². The SMILES string of the molecule is CCc1cc(NCc2ccc3oc(-c4ccccc4-c4nnn[nH]4)c(Br)c3c2)n2c(CO)cnc2n1. The zero-order valence-corrected chi connectivity index (χ0v) is 20.8.